The Balaban J connectivity index is 1.72. The average molecular weight is 480 g/mol. The highest BCUT2D eigenvalue weighted by Gasteiger charge is 2.33. The predicted octanol–water partition coefficient (Wildman–Crippen LogP) is 5.18. The number of amides is 1. The van der Waals surface area contributed by atoms with Gasteiger partial charge in [0.1, 0.15) is 5.82 Å². The van der Waals surface area contributed by atoms with Crippen molar-refractivity contribution in [1.29, 1.82) is 0 Å². The lowest BCUT2D eigenvalue weighted by atomic mass is 9.99. The maximum absolute atomic E-state index is 13.5. The number of carbonyl (C=O) groups excluding carboxylic acids is 1. The third-order valence-corrected chi connectivity index (χ3v) is 6.98. The number of benzene rings is 2. The fourth-order valence-electron chi connectivity index (χ4n) is 4.72. The van der Waals surface area contributed by atoms with Gasteiger partial charge in [-0.3, -0.25) is 14.2 Å². The zero-order valence-corrected chi connectivity index (χ0v) is 20.3. The molecule has 4 rings (SSSR count). The van der Waals surface area contributed by atoms with Crippen LogP contribution in [0.4, 0.5) is 0 Å². The Hall–Kier alpha value is -3.12. The van der Waals surface area contributed by atoms with E-state index in [9.17, 15) is 14.7 Å². The Kier molecular flexibility index (Phi) is 7.37. The van der Waals surface area contributed by atoms with Gasteiger partial charge in [0, 0.05) is 30.5 Å². The van der Waals surface area contributed by atoms with Gasteiger partial charge >= 0.3 is 0 Å². The quantitative estimate of drug-likeness (QED) is 0.506. The van der Waals surface area contributed by atoms with Crippen LogP contribution in [0.15, 0.2) is 59.4 Å². The molecule has 0 bridgehead atoms. The van der Waals surface area contributed by atoms with Crippen LogP contribution < -0.4 is 5.56 Å². The van der Waals surface area contributed by atoms with Gasteiger partial charge in [-0.1, -0.05) is 73.5 Å². The summed E-state index contributed by atoms with van der Waals surface area (Å²) < 4.78 is 1.59. The normalized spacial score (nSPS) is 16.6. The fraction of sp³-hybridized carbons (Fsp3) is 0.370. The zero-order valence-electron chi connectivity index (χ0n) is 19.6. The average Bonchev–Trinajstić information content (AvgIpc) is 3.33. The summed E-state index contributed by atoms with van der Waals surface area (Å²) in [7, 11) is 0. The Bertz CT molecular complexity index is 1230. The number of aromatic hydroxyl groups is 1. The van der Waals surface area contributed by atoms with E-state index in [1.165, 1.54) is 5.56 Å². The molecule has 1 aliphatic rings. The van der Waals surface area contributed by atoms with E-state index in [1.54, 1.807) is 15.5 Å². The second-order valence-corrected chi connectivity index (χ2v) is 9.26. The number of rotatable bonds is 7. The highest BCUT2D eigenvalue weighted by molar-refractivity contribution is 6.31. The number of aryl methyl sites for hydroxylation is 1. The van der Waals surface area contributed by atoms with Gasteiger partial charge < -0.3 is 10.0 Å². The molecule has 6 nitrogen and oxygen atoms in total. The van der Waals surface area contributed by atoms with Crippen LogP contribution >= 0.6 is 11.6 Å². The summed E-state index contributed by atoms with van der Waals surface area (Å²) in [6, 6.07) is 17.0. The largest absolute Gasteiger partial charge is 0.494 e. The van der Waals surface area contributed by atoms with Crippen LogP contribution in [-0.4, -0.2) is 38.6 Å². The minimum absolute atomic E-state index is 0.202. The van der Waals surface area contributed by atoms with Crippen LogP contribution in [0.1, 0.15) is 72.4 Å². The predicted molar refractivity (Wildman–Crippen MR) is 134 cm³/mol. The molecule has 1 amide bonds. The molecular weight excluding hydrogens is 450 g/mol. The molecule has 1 saturated heterocycles. The molecule has 0 aliphatic carbocycles. The van der Waals surface area contributed by atoms with Crippen LogP contribution in [0, 0.1) is 0 Å². The third kappa shape index (κ3) is 4.73. The molecule has 1 fully saturated rings. The number of hydrogen-bond donors (Lipinski definition) is 1. The lowest BCUT2D eigenvalue weighted by Crippen LogP contribution is -2.35. The topological polar surface area (TPSA) is 75.4 Å². The molecule has 1 N–H and O–H groups in total. The second-order valence-electron chi connectivity index (χ2n) is 8.85. The monoisotopic (exact) mass is 479 g/mol. The minimum Gasteiger partial charge on any atom is -0.494 e. The minimum atomic E-state index is -0.681. The summed E-state index contributed by atoms with van der Waals surface area (Å²) in [5.41, 5.74) is 0.999. The summed E-state index contributed by atoms with van der Waals surface area (Å²) in [6.07, 6.45) is 3.04. The molecule has 2 aromatic carbocycles. The van der Waals surface area contributed by atoms with E-state index in [1.807, 2.05) is 50.2 Å². The highest BCUT2D eigenvalue weighted by atomic mass is 35.5. The van der Waals surface area contributed by atoms with Crippen molar-refractivity contribution in [2.75, 3.05) is 13.1 Å². The van der Waals surface area contributed by atoms with Crippen molar-refractivity contribution in [3.05, 3.63) is 92.5 Å². The Morgan fingerprint density at radius 2 is 1.88 bits per heavy atom. The van der Waals surface area contributed by atoms with Crippen molar-refractivity contribution in [1.82, 2.24) is 14.5 Å². The first-order valence-electron chi connectivity index (χ1n) is 11.8. The summed E-state index contributed by atoms with van der Waals surface area (Å²) in [5.74, 6) is -0.160. The number of hydrogen-bond acceptors (Lipinski definition) is 4. The molecule has 2 heterocycles. The van der Waals surface area contributed by atoms with Crippen LogP contribution in [-0.2, 0) is 6.42 Å². The molecule has 34 heavy (non-hydrogen) atoms. The Morgan fingerprint density at radius 3 is 2.59 bits per heavy atom. The van der Waals surface area contributed by atoms with Gasteiger partial charge in [0.05, 0.1) is 6.04 Å². The van der Waals surface area contributed by atoms with Crippen molar-refractivity contribution < 1.29 is 9.90 Å². The third-order valence-electron chi connectivity index (χ3n) is 6.63. The van der Waals surface area contributed by atoms with E-state index in [2.05, 4.69) is 17.1 Å². The van der Waals surface area contributed by atoms with Crippen molar-refractivity contribution in [2.45, 2.75) is 51.5 Å². The molecule has 178 valence electrons. The highest BCUT2D eigenvalue weighted by Crippen LogP contribution is 2.33. The van der Waals surface area contributed by atoms with E-state index in [0.29, 0.717) is 30.4 Å². The number of likely N-dealkylation sites (tertiary alicyclic amines) is 1. The molecule has 1 unspecified atom stereocenters. The van der Waals surface area contributed by atoms with E-state index < -0.39 is 17.5 Å². The van der Waals surface area contributed by atoms with Gasteiger partial charge in [0.2, 0.25) is 5.88 Å². The smallest absolute Gasteiger partial charge is 0.289 e. The lowest BCUT2D eigenvalue weighted by molar-refractivity contribution is 0.0783. The maximum Gasteiger partial charge on any atom is 0.289 e. The molecule has 1 aliphatic heterocycles. The summed E-state index contributed by atoms with van der Waals surface area (Å²) in [6.45, 7) is 4.96. The zero-order chi connectivity index (χ0) is 24.2. The second kappa shape index (κ2) is 10.4. The van der Waals surface area contributed by atoms with E-state index in [4.69, 9.17) is 11.6 Å². The van der Waals surface area contributed by atoms with Crippen LogP contribution in [0.2, 0.25) is 5.02 Å². The first-order chi connectivity index (χ1) is 16.4. The summed E-state index contributed by atoms with van der Waals surface area (Å²) >= 11 is 6.44. The number of halogens is 1. The van der Waals surface area contributed by atoms with Gasteiger partial charge in [-0.05, 0) is 37.0 Å². The number of nitrogens with zero attached hydrogens (tertiary/aromatic N) is 3. The molecule has 0 radical (unpaired) electrons. The SMILES string of the molecule is CCCCc1nc(=O)c(C(=O)N2CC[C@H](c3ccccc3)C2)c(O)n1C(C)c1ccccc1Cl. The van der Waals surface area contributed by atoms with Crippen molar-refractivity contribution in [2.24, 2.45) is 0 Å². The number of unbranched alkanes of at least 4 members (excludes halogenated alkanes) is 1. The Labute approximate surface area is 204 Å². The number of carbonyl (C=O) groups is 1. The van der Waals surface area contributed by atoms with Gasteiger partial charge in [-0.15, -0.1) is 0 Å². The molecule has 3 aromatic rings. The molecule has 7 heteroatoms. The van der Waals surface area contributed by atoms with E-state index in [0.717, 1.165) is 24.8 Å². The fourth-order valence-corrected chi connectivity index (χ4v) is 5.02. The standard InChI is InChI=1S/C27H30ClN3O3/c1-3-4-14-23-29-25(32)24(27(34)31(23)18(2)21-12-8-9-13-22(21)28)26(33)30-16-15-20(17-30)19-10-6-5-7-11-19/h5-13,18,20,34H,3-4,14-17H2,1-2H3/t18?,20-/m0/s1. The van der Waals surface area contributed by atoms with Gasteiger partial charge in [0.25, 0.3) is 11.5 Å². The van der Waals surface area contributed by atoms with Crippen LogP contribution in [0.5, 0.6) is 5.88 Å². The number of aromatic nitrogens is 2. The first-order valence-corrected chi connectivity index (χ1v) is 12.2. The van der Waals surface area contributed by atoms with Crippen molar-refractivity contribution in [3.63, 3.8) is 0 Å². The van der Waals surface area contributed by atoms with E-state index in [-0.39, 0.29) is 17.4 Å². The van der Waals surface area contributed by atoms with Gasteiger partial charge in [-0.2, -0.15) is 4.98 Å². The first kappa shape index (κ1) is 24.0. The molecule has 2 atom stereocenters. The Morgan fingerprint density at radius 1 is 1.18 bits per heavy atom. The van der Waals surface area contributed by atoms with Gasteiger partial charge in [0.15, 0.2) is 5.56 Å². The van der Waals surface area contributed by atoms with E-state index >= 15 is 0 Å². The lowest BCUT2D eigenvalue weighted by Gasteiger charge is -2.25. The molecular formula is C27H30ClN3O3. The maximum atomic E-state index is 13.5. The summed E-state index contributed by atoms with van der Waals surface area (Å²) in [5, 5.41) is 11.9. The van der Waals surface area contributed by atoms with Crippen LogP contribution in [0.25, 0.3) is 0 Å². The molecule has 0 spiro atoms. The molecule has 0 saturated carbocycles. The summed E-state index contributed by atoms with van der Waals surface area (Å²) in [4.78, 5) is 32.4. The van der Waals surface area contributed by atoms with Crippen molar-refractivity contribution >= 4 is 17.5 Å². The van der Waals surface area contributed by atoms with Gasteiger partial charge in [-0.25, -0.2) is 0 Å². The van der Waals surface area contributed by atoms with Crippen LogP contribution in [0.3, 0.4) is 0 Å². The van der Waals surface area contributed by atoms with Crippen molar-refractivity contribution in [3.8, 4) is 5.88 Å². The molecule has 1 aromatic heterocycles.